The molecule has 0 spiro atoms. The Kier molecular flexibility index (Phi) is 12.2. The first kappa shape index (κ1) is 23.6. The van der Waals surface area contributed by atoms with Gasteiger partial charge in [0.05, 0.1) is 25.4 Å². The van der Waals surface area contributed by atoms with Gasteiger partial charge in [-0.25, -0.2) is 4.99 Å². The highest BCUT2D eigenvalue weighted by Gasteiger charge is 2.13. The van der Waals surface area contributed by atoms with Gasteiger partial charge in [0.25, 0.3) is 0 Å². The number of aromatic nitrogens is 1. The number of aryl methyl sites for hydroxylation is 2. The number of rotatable bonds is 9. The number of hydrogen-bond acceptors (Lipinski definition) is 5. The Morgan fingerprint density at radius 2 is 2.00 bits per heavy atom. The van der Waals surface area contributed by atoms with E-state index in [0.29, 0.717) is 25.7 Å². The second-order valence-electron chi connectivity index (χ2n) is 5.46. The van der Waals surface area contributed by atoms with E-state index in [1.165, 1.54) is 4.90 Å². The summed E-state index contributed by atoms with van der Waals surface area (Å²) >= 11 is 0. The molecule has 9 heteroatoms. The molecule has 144 valence electrons. The van der Waals surface area contributed by atoms with Crippen LogP contribution >= 0.6 is 24.0 Å². The molecule has 0 atom stereocenters. The highest BCUT2D eigenvalue weighted by atomic mass is 127. The molecule has 0 aliphatic carbocycles. The van der Waals surface area contributed by atoms with Crippen LogP contribution < -0.4 is 10.6 Å². The Morgan fingerprint density at radius 1 is 1.28 bits per heavy atom. The molecule has 0 unspecified atom stereocenters. The molecule has 1 rings (SSSR count). The number of methoxy groups -OCH3 is 1. The lowest BCUT2D eigenvalue weighted by molar-refractivity contribution is -0.127. The van der Waals surface area contributed by atoms with E-state index in [1.807, 2.05) is 13.8 Å². The Bertz CT molecular complexity index is 524. The minimum Gasteiger partial charge on any atom is -0.383 e. The van der Waals surface area contributed by atoms with Gasteiger partial charge in [-0.15, -0.1) is 24.0 Å². The lowest BCUT2D eigenvalue weighted by atomic mass is 10.1. The largest absolute Gasteiger partial charge is 0.383 e. The zero-order valence-electron chi connectivity index (χ0n) is 15.7. The molecule has 0 fully saturated rings. The van der Waals surface area contributed by atoms with Crippen molar-refractivity contribution in [3.05, 3.63) is 17.0 Å². The zero-order chi connectivity index (χ0) is 17.9. The molecule has 0 aromatic carbocycles. The van der Waals surface area contributed by atoms with Gasteiger partial charge in [0.2, 0.25) is 5.91 Å². The van der Waals surface area contributed by atoms with Crippen molar-refractivity contribution in [3.63, 3.8) is 0 Å². The summed E-state index contributed by atoms with van der Waals surface area (Å²) in [6.45, 7) is 5.85. The molecular formula is C16H30IN5O3. The van der Waals surface area contributed by atoms with E-state index in [2.05, 4.69) is 20.8 Å². The summed E-state index contributed by atoms with van der Waals surface area (Å²) in [5.74, 6) is 1.40. The SMILES string of the molecule is CCc1noc(CC)c1CN=C(NCCOC)NCC(=O)N(C)C.I. The van der Waals surface area contributed by atoms with Crippen LogP contribution in [-0.4, -0.2) is 62.8 Å². The first-order valence-electron chi connectivity index (χ1n) is 8.20. The van der Waals surface area contributed by atoms with E-state index in [9.17, 15) is 4.79 Å². The predicted molar refractivity (Wildman–Crippen MR) is 108 cm³/mol. The lowest BCUT2D eigenvalue weighted by Crippen LogP contribution is -2.43. The number of carbonyl (C=O) groups is 1. The van der Waals surface area contributed by atoms with E-state index in [4.69, 9.17) is 9.26 Å². The van der Waals surface area contributed by atoms with Gasteiger partial charge >= 0.3 is 0 Å². The number of carbonyl (C=O) groups excluding carboxylic acids is 1. The molecule has 2 N–H and O–H groups in total. The number of guanidine groups is 1. The van der Waals surface area contributed by atoms with Crippen LogP contribution in [0.3, 0.4) is 0 Å². The smallest absolute Gasteiger partial charge is 0.241 e. The Hall–Kier alpha value is -1.36. The van der Waals surface area contributed by atoms with Gasteiger partial charge < -0.3 is 24.8 Å². The summed E-state index contributed by atoms with van der Waals surface area (Å²) in [5.41, 5.74) is 1.95. The standard InChI is InChI=1S/C16H29N5O3.HI/c1-6-13-12(14(7-2)24-20-13)10-18-16(17-8-9-23-5)19-11-15(22)21(3)4;/h6-11H2,1-5H3,(H2,17,18,19);1H. The summed E-state index contributed by atoms with van der Waals surface area (Å²) < 4.78 is 10.4. The molecule has 0 saturated heterocycles. The number of aliphatic imine (C=N–C) groups is 1. The summed E-state index contributed by atoms with van der Waals surface area (Å²) in [6, 6.07) is 0. The molecule has 0 aliphatic rings. The van der Waals surface area contributed by atoms with Crippen molar-refractivity contribution in [2.45, 2.75) is 33.2 Å². The number of nitrogens with one attached hydrogen (secondary N) is 2. The number of likely N-dealkylation sites (N-methyl/N-ethyl adjacent to an activating group) is 1. The van der Waals surface area contributed by atoms with Crippen molar-refractivity contribution in [1.29, 1.82) is 0 Å². The maximum atomic E-state index is 11.7. The molecule has 0 saturated carbocycles. The van der Waals surface area contributed by atoms with E-state index in [-0.39, 0.29) is 36.4 Å². The molecule has 0 bridgehead atoms. The summed E-state index contributed by atoms with van der Waals surface area (Å²) in [6.07, 6.45) is 1.57. The zero-order valence-corrected chi connectivity index (χ0v) is 18.0. The third-order valence-corrected chi connectivity index (χ3v) is 3.51. The normalized spacial score (nSPS) is 11.0. The van der Waals surface area contributed by atoms with E-state index < -0.39 is 0 Å². The minimum atomic E-state index is -0.0234. The average molecular weight is 467 g/mol. The summed E-state index contributed by atoms with van der Waals surface area (Å²) in [4.78, 5) is 17.8. The van der Waals surface area contributed by atoms with Crippen LogP contribution in [-0.2, 0) is 28.9 Å². The number of halogens is 1. The van der Waals surface area contributed by atoms with Crippen LogP contribution in [0.25, 0.3) is 0 Å². The van der Waals surface area contributed by atoms with Crippen molar-refractivity contribution in [1.82, 2.24) is 20.7 Å². The Morgan fingerprint density at radius 3 is 2.56 bits per heavy atom. The fraction of sp³-hybridized carbons (Fsp3) is 0.688. The summed E-state index contributed by atoms with van der Waals surface area (Å²) in [5, 5.41) is 10.3. The molecule has 0 radical (unpaired) electrons. The second-order valence-corrected chi connectivity index (χ2v) is 5.46. The molecule has 1 amide bonds. The molecular weight excluding hydrogens is 437 g/mol. The van der Waals surface area contributed by atoms with Crippen LogP contribution in [0, 0.1) is 0 Å². The van der Waals surface area contributed by atoms with Gasteiger partial charge in [-0.2, -0.15) is 0 Å². The fourth-order valence-corrected chi connectivity index (χ4v) is 2.04. The minimum absolute atomic E-state index is 0. The van der Waals surface area contributed by atoms with E-state index in [1.54, 1.807) is 21.2 Å². The Balaban J connectivity index is 0.00000576. The van der Waals surface area contributed by atoms with Gasteiger partial charge in [0.15, 0.2) is 5.96 Å². The van der Waals surface area contributed by atoms with Crippen molar-refractivity contribution in [2.24, 2.45) is 4.99 Å². The Labute approximate surface area is 166 Å². The van der Waals surface area contributed by atoms with Crippen LogP contribution in [0.15, 0.2) is 9.52 Å². The number of hydrogen-bond donors (Lipinski definition) is 2. The van der Waals surface area contributed by atoms with E-state index >= 15 is 0 Å². The van der Waals surface area contributed by atoms with Crippen LogP contribution in [0.1, 0.15) is 30.9 Å². The predicted octanol–water partition coefficient (Wildman–Crippen LogP) is 1.19. The van der Waals surface area contributed by atoms with Gasteiger partial charge in [-0.05, 0) is 6.42 Å². The lowest BCUT2D eigenvalue weighted by Gasteiger charge is -2.14. The molecule has 1 aromatic heterocycles. The quantitative estimate of drug-likeness (QED) is 0.245. The maximum absolute atomic E-state index is 11.7. The first-order chi connectivity index (χ1) is 11.5. The molecule has 1 aromatic rings. The third kappa shape index (κ3) is 8.04. The van der Waals surface area contributed by atoms with Gasteiger partial charge in [0, 0.05) is 39.7 Å². The highest BCUT2D eigenvalue weighted by Crippen LogP contribution is 2.16. The first-order valence-corrected chi connectivity index (χ1v) is 8.20. The number of nitrogens with zero attached hydrogens (tertiary/aromatic N) is 3. The van der Waals surface area contributed by atoms with Crippen molar-refractivity contribution >= 4 is 35.8 Å². The molecule has 1 heterocycles. The number of amides is 1. The van der Waals surface area contributed by atoms with Gasteiger partial charge in [-0.3, -0.25) is 4.79 Å². The van der Waals surface area contributed by atoms with E-state index in [0.717, 1.165) is 29.9 Å². The number of ether oxygens (including phenoxy) is 1. The third-order valence-electron chi connectivity index (χ3n) is 3.51. The highest BCUT2D eigenvalue weighted by molar-refractivity contribution is 14.0. The van der Waals surface area contributed by atoms with Crippen LogP contribution in [0.5, 0.6) is 0 Å². The van der Waals surface area contributed by atoms with Crippen molar-refractivity contribution < 1.29 is 14.1 Å². The fourth-order valence-electron chi connectivity index (χ4n) is 2.04. The van der Waals surface area contributed by atoms with Gasteiger partial charge in [-0.1, -0.05) is 19.0 Å². The molecule has 25 heavy (non-hydrogen) atoms. The monoisotopic (exact) mass is 467 g/mol. The average Bonchev–Trinajstić information content (AvgIpc) is 2.98. The van der Waals surface area contributed by atoms with Crippen LogP contribution in [0.2, 0.25) is 0 Å². The van der Waals surface area contributed by atoms with Crippen LogP contribution in [0.4, 0.5) is 0 Å². The van der Waals surface area contributed by atoms with Crippen molar-refractivity contribution in [3.8, 4) is 0 Å². The topological polar surface area (TPSA) is 92.0 Å². The second kappa shape index (κ2) is 12.9. The molecule has 8 nitrogen and oxygen atoms in total. The van der Waals surface area contributed by atoms with Gasteiger partial charge in [0.1, 0.15) is 5.76 Å². The maximum Gasteiger partial charge on any atom is 0.241 e. The van der Waals surface area contributed by atoms with Crippen molar-refractivity contribution in [2.75, 3.05) is 40.9 Å². The summed E-state index contributed by atoms with van der Waals surface area (Å²) in [7, 11) is 5.08. The molecule has 0 aliphatic heterocycles.